The lowest BCUT2D eigenvalue weighted by Gasteiger charge is -2.18. The second-order valence-electron chi connectivity index (χ2n) is 5.38. The number of hydrogen-bond acceptors (Lipinski definition) is 5. The summed E-state index contributed by atoms with van der Waals surface area (Å²) in [6.07, 6.45) is 0. The van der Waals surface area contributed by atoms with E-state index in [1.54, 1.807) is 19.9 Å². The van der Waals surface area contributed by atoms with Gasteiger partial charge >= 0.3 is 5.97 Å². The highest BCUT2D eigenvalue weighted by Gasteiger charge is 2.23. The molecule has 1 atom stereocenters. The molecule has 3 N–H and O–H groups in total. The van der Waals surface area contributed by atoms with Gasteiger partial charge in [-0.3, -0.25) is 9.59 Å². The summed E-state index contributed by atoms with van der Waals surface area (Å²) in [6.45, 7) is 3.03. The van der Waals surface area contributed by atoms with Crippen LogP contribution in [0.3, 0.4) is 0 Å². The van der Waals surface area contributed by atoms with Crippen LogP contribution in [0.15, 0.2) is 18.2 Å². The van der Waals surface area contributed by atoms with Crippen LogP contribution in [0, 0.1) is 5.92 Å². The monoisotopic (exact) mass is 338 g/mol. The number of aliphatic carboxylic acids is 1. The molecule has 8 heteroatoms. The highest BCUT2D eigenvalue weighted by Crippen LogP contribution is 2.27. The van der Waals surface area contributed by atoms with E-state index in [0.717, 1.165) is 0 Å². The molecule has 0 aliphatic rings. The molecule has 0 fully saturated rings. The Morgan fingerprint density at radius 2 is 1.75 bits per heavy atom. The van der Waals surface area contributed by atoms with Gasteiger partial charge in [0.1, 0.15) is 6.04 Å². The third-order valence-corrected chi connectivity index (χ3v) is 3.30. The van der Waals surface area contributed by atoms with Gasteiger partial charge in [0.2, 0.25) is 5.91 Å². The van der Waals surface area contributed by atoms with Gasteiger partial charge in [-0.2, -0.15) is 0 Å². The summed E-state index contributed by atoms with van der Waals surface area (Å²) in [5, 5.41) is 13.8. The first-order chi connectivity index (χ1) is 11.3. The predicted molar refractivity (Wildman–Crippen MR) is 86.3 cm³/mol. The van der Waals surface area contributed by atoms with Crippen LogP contribution < -0.4 is 20.1 Å². The van der Waals surface area contributed by atoms with Gasteiger partial charge in [0.25, 0.3) is 5.91 Å². The fraction of sp³-hybridized carbons (Fsp3) is 0.438. The van der Waals surface area contributed by atoms with Crippen molar-refractivity contribution in [3.63, 3.8) is 0 Å². The fourth-order valence-electron chi connectivity index (χ4n) is 1.98. The summed E-state index contributed by atoms with van der Waals surface area (Å²) in [5.41, 5.74) is 0.291. The average Bonchev–Trinajstić information content (AvgIpc) is 2.56. The Morgan fingerprint density at radius 3 is 2.25 bits per heavy atom. The topological polar surface area (TPSA) is 114 Å². The molecule has 132 valence electrons. The smallest absolute Gasteiger partial charge is 0.326 e. The maximum atomic E-state index is 12.1. The summed E-state index contributed by atoms with van der Waals surface area (Å²) in [5.74, 6) is -1.58. The molecule has 1 aromatic rings. The van der Waals surface area contributed by atoms with Gasteiger partial charge in [-0.25, -0.2) is 4.79 Å². The standard InChI is InChI=1S/C16H22N2O6/c1-9(2)14(16(21)22)18-13(19)8-17-15(20)10-5-6-11(23-3)12(7-10)24-4/h5-7,9,14H,8H2,1-4H3,(H,17,20)(H,18,19)(H,21,22). The third-order valence-electron chi connectivity index (χ3n) is 3.30. The van der Waals surface area contributed by atoms with Crippen molar-refractivity contribution >= 4 is 17.8 Å². The van der Waals surface area contributed by atoms with Crippen molar-refractivity contribution in [1.82, 2.24) is 10.6 Å². The van der Waals surface area contributed by atoms with Crippen LogP contribution >= 0.6 is 0 Å². The molecule has 0 aliphatic heterocycles. The lowest BCUT2D eigenvalue weighted by Crippen LogP contribution is -2.48. The molecule has 0 spiro atoms. The van der Waals surface area contributed by atoms with Gasteiger partial charge in [-0.05, 0) is 24.1 Å². The van der Waals surface area contributed by atoms with Crippen molar-refractivity contribution < 1.29 is 29.0 Å². The van der Waals surface area contributed by atoms with Crippen LogP contribution in [0.25, 0.3) is 0 Å². The number of carbonyl (C=O) groups is 3. The molecule has 0 saturated heterocycles. The van der Waals surface area contributed by atoms with E-state index in [1.165, 1.54) is 26.4 Å². The van der Waals surface area contributed by atoms with E-state index in [2.05, 4.69) is 10.6 Å². The molecule has 0 aliphatic carbocycles. The van der Waals surface area contributed by atoms with Crippen LogP contribution in [-0.2, 0) is 9.59 Å². The molecule has 0 aromatic heterocycles. The fourth-order valence-corrected chi connectivity index (χ4v) is 1.98. The number of rotatable bonds is 8. The molecule has 1 rings (SSSR count). The van der Waals surface area contributed by atoms with Gasteiger partial charge in [-0.15, -0.1) is 0 Å². The Bertz CT molecular complexity index is 615. The van der Waals surface area contributed by atoms with Gasteiger partial charge in [0, 0.05) is 5.56 Å². The predicted octanol–water partition coefficient (Wildman–Crippen LogP) is 0.659. The molecule has 24 heavy (non-hydrogen) atoms. The van der Waals surface area contributed by atoms with Crippen molar-refractivity contribution in [3.8, 4) is 11.5 Å². The normalized spacial score (nSPS) is 11.5. The molecule has 1 unspecified atom stereocenters. The third kappa shape index (κ3) is 5.15. The molecular formula is C16H22N2O6. The first-order valence-corrected chi connectivity index (χ1v) is 7.32. The van der Waals surface area contributed by atoms with Crippen LogP contribution in [0.5, 0.6) is 11.5 Å². The van der Waals surface area contributed by atoms with Crippen molar-refractivity contribution in [1.29, 1.82) is 0 Å². The summed E-state index contributed by atoms with van der Waals surface area (Å²) in [6, 6.07) is 3.59. The highest BCUT2D eigenvalue weighted by atomic mass is 16.5. The van der Waals surface area contributed by atoms with Crippen molar-refractivity contribution in [2.45, 2.75) is 19.9 Å². The van der Waals surface area contributed by atoms with Crippen molar-refractivity contribution in [2.75, 3.05) is 20.8 Å². The average molecular weight is 338 g/mol. The number of carboxylic acid groups (broad SMARTS) is 1. The Kier molecular flexibility index (Phi) is 7.03. The Labute approximate surface area is 140 Å². The van der Waals surface area contributed by atoms with Crippen molar-refractivity contribution in [2.24, 2.45) is 5.92 Å². The van der Waals surface area contributed by atoms with E-state index in [-0.39, 0.29) is 12.5 Å². The summed E-state index contributed by atoms with van der Waals surface area (Å²) >= 11 is 0. The first kappa shape index (κ1) is 19.3. The van der Waals surface area contributed by atoms with Crippen LogP contribution in [0.4, 0.5) is 0 Å². The van der Waals surface area contributed by atoms with E-state index in [0.29, 0.717) is 17.1 Å². The SMILES string of the molecule is COc1ccc(C(=O)NCC(=O)NC(C(=O)O)C(C)C)cc1OC. The molecule has 0 bridgehead atoms. The van der Waals surface area contributed by atoms with Gasteiger partial charge in [0.15, 0.2) is 11.5 Å². The first-order valence-electron chi connectivity index (χ1n) is 7.32. The molecule has 0 saturated carbocycles. The van der Waals surface area contributed by atoms with E-state index < -0.39 is 23.8 Å². The minimum Gasteiger partial charge on any atom is -0.493 e. The quantitative estimate of drug-likeness (QED) is 0.641. The molecule has 8 nitrogen and oxygen atoms in total. The zero-order valence-corrected chi connectivity index (χ0v) is 14.1. The zero-order valence-electron chi connectivity index (χ0n) is 14.1. The van der Waals surface area contributed by atoms with E-state index in [9.17, 15) is 14.4 Å². The molecule has 0 radical (unpaired) electrons. The van der Waals surface area contributed by atoms with Gasteiger partial charge < -0.3 is 25.2 Å². The summed E-state index contributed by atoms with van der Waals surface area (Å²) < 4.78 is 10.2. The van der Waals surface area contributed by atoms with E-state index >= 15 is 0 Å². The minimum atomic E-state index is -1.12. The number of methoxy groups -OCH3 is 2. The van der Waals surface area contributed by atoms with Crippen LogP contribution in [0.2, 0.25) is 0 Å². The van der Waals surface area contributed by atoms with Crippen LogP contribution in [-0.4, -0.2) is 49.7 Å². The maximum absolute atomic E-state index is 12.1. The number of nitrogens with one attached hydrogen (secondary N) is 2. The zero-order chi connectivity index (χ0) is 18.3. The largest absolute Gasteiger partial charge is 0.493 e. The molecular weight excluding hydrogens is 316 g/mol. The number of ether oxygens (including phenoxy) is 2. The highest BCUT2D eigenvalue weighted by molar-refractivity contribution is 5.97. The minimum absolute atomic E-state index is 0.270. The molecule has 1 aromatic carbocycles. The second-order valence-corrected chi connectivity index (χ2v) is 5.38. The van der Waals surface area contributed by atoms with Crippen molar-refractivity contribution in [3.05, 3.63) is 23.8 Å². The summed E-state index contributed by atoms with van der Waals surface area (Å²) in [4.78, 5) is 34.9. The number of amides is 2. The Morgan fingerprint density at radius 1 is 1.12 bits per heavy atom. The second kappa shape index (κ2) is 8.76. The molecule has 0 heterocycles. The lowest BCUT2D eigenvalue weighted by atomic mass is 10.1. The van der Waals surface area contributed by atoms with Crippen LogP contribution in [0.1, 0.15) is 24.2 Å². The lowest BCUT2D eigenvalue weighted by molar-refractivity contribution is -0.142. The van der Waals surface area contributed by atoms with E-state index in [4.69, 9.17) is 14.6 Å². The number of hydrogen-bond donors (Lipinski definition) is 3. The number of carboxylic acids is 1. The summed E-state index contributed by atoms with van der Waals surface area (Å²) in [7, 11) is 2.93. The van der Waals surface area contributed by atoms with Gasteiger partial charge in [-0.1, -0.05) is 13.8 Å². The van der Waals surface area contributed by atoms with Gasteiger partial charge in [0.05, 0.1) is 20.8 Å². The Balaban J connectivity index is 2.66. The molecule has 2 amide bonds. The maximum Gasteiger partial charge on any atom is 0.326 e. The van der Waals surface area contributed by atoms with E-state index in [1.807, 2.05) is 0 Å². The Hall–Kier alpha value is -2.77. The number of carbonyl (C=O) groups excluding carboxylic acids is 2. The number of benzene rings is 1.